The molecule has 0 atom stereocenters. The number of carbonyl (C=O) groups is 2. The van der Waals surface area contributed by atoms with Gasteiger partial charge in [-0.1, -0.05) is 11.6 Å². The number of hydrogen-bond acceptors (Lipinski definition) is 4. The zero-order valence-electron chi connectivity index (χ0n) is 13.0. The van der Waals surface area contributed by atoms with Gasteiger partial charge in [0.05, 0.1) is 12.1 Å². The Balaban J connectivity index is 1.98. The summed E-state index contributed by atoms with van der Waals surface area (Å²) in [7, 11) is 0. The molecule has 0 unspecified atom stereocenters. The van der Waals surface area contributed by atoms with Crippen molar-refractivity contribution in [3.05, 3.63) is 45.9 Å². The molecule has 7 heteroatoms. The molecule has 0 saturated heterocycles. The van der Waals surface area contributed by atoms with Gasteiger partial charge in [0.2, 0.25) is 5.91 Å². The SMILES string of the molecule is CCN(CC)C(=O)Cc1csc(NC(=O)c2ccc(Cl)cc2)n1. The Morgan fingerprint density at radius 3 is 2.48 bits per heavy atom. The molecular weight excluding hydrogens is 334 g/mol. The van der Waals surface area contributed by atoms with E-state index in [1.165, 1.54) is 11.3 Å². The molecule has 1 heterocycles. The summed E-state index contributed by atoms with van der Waals surface area (Å²) in [6, 6.07) is 6.62. The number of rotatable bonds is 6. The maximum absolute atomic E-state index is 12.1. The highest BCUT2D eigenvalue weighted by atomic mass is 35.5. The predicted molar refractivity (Wildman–Crippen MR) is 93.2 cm³/mol. The molecule has 23 heavy (non-hydrogen) atoms. The van der Waals surface area contributed by atoms with Crippen LogP contribution in [-0.2, 0) is 11.2 Å². The molecule has 2 rings (SSSR count). The molecule has 0 bridgehead atoms. The van der Waals surface area contributed by atoms with Crippen molar-refractivity contribution < 1.29 is 9.59 Å². The first-order valence-corrected chi connectivity index (χ1v) is 8.58. The van der Waals surface area contributed by atoms with Gasteiger partial charge in [0.25, 0.3) is 5.91 Å². The third kappa shape index (κ3) is 4.77. The van der Waals surface area contributed by atoms with Crippen LogP contribution in [0.1, 0.15) is 29.9 Å². The van der Waals surface area contributed by atoms with Gasteiger partial charge in [0.1, 0.15) is 0 Å². The quantitative estimate of drug-likeness (QED) is 0.866. The lowest BCUT2D eigenvalue weighted by Crippen LogP contribution is -2.31. The second kappa shape index (κ2) is 8.08. The van der Waals surface area contributed by atoms with Crippen LogP contribution >= 0.6 is 22.9 Å². The van der Waals surface area contributed by atoms with Crippen molar-refractivity contribution in [3.8, 4) is 0 Å². The summed E-state index contributed by atoms with van der Waals surface area (Å²) in [5, 5.41) is 5.58. The van der Waals surface area contributed by atoms with Crippen molar-refractivity contribution in [1.29, 1.82) is 0 Å². The zero-order chi connectivity index (χ0) is 16.8. The van der Waals surface area contributed by atoms with Crippen LogP contribution in [0.2, 0.25) is 5.02 Å². The lowest BCUT2D eigenvalue weighted by Gasteiger charge is -2.17. The molecule has 1 aromatic heterocycles. The molecule has 0 aliphatic rings. The summed E-state index contributed by atoms with van der Waals surface area (Å²) in [5.74, 6) is -0.214. The van der Waals surface area contributed by atoms with E-state index >= 15 is 0 Å². The number of nitrogens with zero attached hydrogens (tertiary/aromatic N) is 2. The van der Waals surface area contributed by atoms with Gasteiger partial charge in [-0.25, -0.2) is 4.98 Å². The van der Waals surface area contributed by atoms with Crippen LogP contribution in [-0.4, -0.2) is 34.8 Å². The van der Waals surface area contributed by atoms with Crippen molar-refractivity contribution in [2.24, 2.45) is 0 Å². The Labute approximate surface area is 144 Å². The number of carbonyl (C=O) groups excluding carboxylic acids is 2. The Morgan fingerprint density at radius 1 is 1.22 bits per heavy atom. The highest BCUT2D eigenvalue weighted by molar-refractivity contribution is 7.14. The van der Waals surface area contributed by atoms with Gasteiger partial charge in [-0.2, -0.15) is 0 Å². The lowest BCUT2D eigenvalue weighted by molar-refractivity contribution is -0.130. The molecule has 1 N–H and O–H groups in total. The Kier molecular flexibility index (Phi) is 6.12. The molecule has 1 aromatic carbocycles. The van der Waals surface area contributed by atoms with Gasteiger partial charge in [-0.15, -0.1) is 11.3 Å². The fourth-order valence-electron chi connectivity index (χ4n) is 2.06. The van der Waals surface area contributed by atoms with Crippen molar-refractivity contribution in [3.63, 3.8) is 0 Å². The largest absolute Gasteiger partial charge is 0.343 e. The van der Waals surface area contributed by atoms with E-state index in [1.807, 2.05) is 13.8 Å². The Morgan fingerprint density at radius 2 is 1.87 bits per heavy atom. The van der Waals surface area contributed by atoms with Crippen molar-refractivity contribution in [1.82, 2.24) is 9.88 Å². The summed E-state index contributed by atoms with van der Waals surface area (Å²) in [6.07, 6.45) is 0.245. The maximum Gasteiger partial charge on any atom is 0.257 e. The number of likely N-dealkylation sites (N-methyl/N-ethyl adjacent to an activating group) is 1. The number of hydrogen-bond donors (Lipinski definition) is 1. The van der Waals surface area contributed by atoms with Crippen LogP contribution in [0, 0.1) is 0 Å². The molecule has 0 fully saturated rings. The van der Waals surface area contributed by atoms with Gasteiger partial charge in [-0.05, 0) is 38.1 Å². The van der Waals surface area contributed by atoms with Crippen LogP contribution in [0.15, 0.2) is 29.6 Å². The van der Waals surface area contributed by atoms with E-state index in [-0.39, 0.29) is 18.2 Å². The third-order valence-corrected chi connectivity index (χ3v) is 4.39. The summed E-state index contributed by atoms with van der Waals surface area (Å²) in [6.45, 7) is 5.25. The second-order valence-corrected chi connectivity index (χ2v) is 6.14. The number of thiazole rings is 1. The number of anilines is 1. The second-order valence-electron chi connectivity index (χ2n) is 4.85. The zero-order valence-corrected chi connectivity index (χ0v) is 14.6. The van der Waals surface area contributed by atoms with Crippen molar-refractivity contribution >= 4 is 39.9 Å². The molecule has 2 amide bonds. The fraction of sp³-hybridized carbons (Fsp3) is 0.312. The van der Waals surface area contributed by atoms with E-state index in [2.05, 4.69) is 10.3 Å². The number of benzene rings is 1. The van der Waals surface area contributed by atoms with E-state index in [4.69, 9.17) is 11.6 Å². The average Bonchev–Trinajstić information content (AvgIpc) is 2.96. The standard InChI is InChI=1S/C16H18ClN3O2S/c1-3-20(4-2)14(21)9-13-10-23-16(18-13)19-15(22)11-5-7-12(17)8-6-11/h5-8,10H,3-4,9H2,1-2H3,(H,18,19,22). The van der Waals surface area contributed by atoms with Gasteiger partial charge < -0.3 is 4.90 Å². The molecule has 0 aliphatic heterocycles. The van der Waals surface area contributed by atoms with E-state index < -0.39 is 0 Å². The van der Waals surface area contributed by atoms with Gasteiger partial charge >= 0.3 is 0 Å². The molecule has 122 valence electrons. The van der Waals surface area contributed by atoms with E-state index in [1.54, 1.807) is 34.5 Å². The molecule has 0 spiro atoms. The van der Waals surface area contributed by atoms with Gasteiger partial charge in [0, 0.05) is 29.1 Å². The molecule has 0 aliphatic carbocycles. The molecule has 0 radical (unpaired) electrons. The lowest BCUT2D eigenvalue weighted by atomic mass is 10.2. The monoisotopic (exact) mass is 351 g/mol. The summed E-state index contributed by atoms with van der Waals surface area (Å²) in [5.41, 5.74) is 1.17. The summed E-state index contributed by atoms with van der Waals surface area (Å²) < 4.78 is 0. The highest BCUT2D eigenvalue weighted by Gasteiger charge is 2.14. The van der Waals surface area contributed by atoms with Crippen molar-refractivity contribution in [2.45, 2.75) is 20.3 Å². The minimum atomic E-state index is -0.252. The van der Waals surface area contributed by atoms with E-state index in [9.17, 15) is 9.59 Å². The summed E-state index contributed by atoms with van der Waals surface area (Å²) in [4.78, 5) is 30.2. The first-order valence-electron chi connectivity index (χ1n) is 7.32. The van der Waals surface area contributed by atoms with Crippen LogP contribution < -0.4 is 5.32 Å². The fourth-order valence-corrected chi connectivity index (χ4v) is 2.89. The van der Waals surface area contributed by atoms with Gasteiger partial charge in [0.15, 0.2) is 5.13 Å². The molecule has 0 saturated carbocycles. The van der Waals surface area contributed by atoms with Crippen LogP contribution in [0.25, 0.3) is 0 Å². The smallest absolute Gasteiger partial charge is 0.257 e. The number of halogens is 1. The minimum absolute atomic E-state index is 0.0378. The van der Waals surface area contributed by atoms with Crippen LogP contribution in [0.4, 0.5) is 5.13 Å². The number of amides is 2. The number of nitrogens with one attached hydrogen (secondary N) is 1. The van der Waals surface area contributed by atoms with Crippen LogP contribution in [0.5, 0.6) is 0 Å². The van der Waals surface area contributed by atoms with E-state index in [0.29, 0.717) is 34.5 Å². The maximum atomic E-state index is 12.1. The minimum Gasteiger partial charge on any atom is -0.343 e. The highest BCUT2D eigenvalue weighted by Crippen LogP contribution is 2.18. The normalized spacial score (nSPS) is 10.4. The van der Waals surface area contributed by atoms with Crippen LogP contribution in [0.3, 0.4) is 0 Å². The Hall–Kier alpha value is -1.92. The first-order chi connectivity index (χ1) is 11.0. The third-order valence-electron chi connectivity index (χ3n) is 3.33. The topological polar surface area (TPSA) is 62.3 Å². The molecule has 5 nitrogen and oxygen atoms in total. The Bertz CT molecular complexity index is 681. The van der Waals surface area contributed by atoms with Gasteiger partial charge in [-0.3, -0.25) is 14.9 Å². The molecule has 2 aromatic rings. The predicted octanol–water partition coefficient (Wildman–Crippen LogP) is 3.46. The molecular formula is C16H18ClN3O2S. The van der Waals surface area contributed by atoms with E-state index in [0.717, 1.165) is 0 Å². The average molecular weight is 352 g/mol. The number of aromatic nitrogens is 1. The van der Waals surface area contributed by atoms with Crippen molar-refractivity contribution in [2.75, 3.05) is 18.4 Å². The first kappa shape index (κ1) is 17.4. The summed E-state index contributed by atoms with van der Waals surface area (Å²) >= 11 is 7.10.